The summed E-state index contributed by atoms with van der Waals surface area (Å²) in [5.74, 6) is 0.822. The molecule has 1 aromatic heterocycles. The topological polar surface area (TPSA) is 37.8 Å². The standard InChI is InChI=1S/C14H14BrClFN3/c1-3-5-11-18-13(16)8(2)14(19-11)20-12-9(15)6-4-7-10(12)17/h4,6-7H,3,5H2,1-2H3,(H,18,19,20). The third kappa shape index (κ3) is 3.27. The number of para-hydroxylation sites is 1. The van der Waals surface area contributed by atoms with Crippen molar-refractivity contribution in [3.63, 3.8) is 0 Å². The van der Waals surface area contributed by atoms with Crippen LogP contribution >= 0.6 is 27.5 Å². The Morgan fingerprint density at radius 3 is 2.75 bits per heavy atom. The molecule has 0 saturated heterocycles. The number of nitrogens with one attached hydrogen (secondary N) is 1. The summed E-state index contributed by atoms with van der Waals surface area (Å²) < 4.78 is 14.5. The largest absolute Gasteiger partial charge is 0.337 e. The summed E-state index contributed by atoms with van der Waals surface area (Å²) in [7, 11) is 0. The molecule has 0 bridgehead atoms. The number of aryl methyl sites for hydroxylation is 1. The van der Waals surface area contributed by atoms with Crippen molar-refractivity contribution in [2.45, 2.75) is 26.7 Å². The highest BCUT2D eigenvalue weighted by Gasteiger charge is 2.13. The van der Waals surface area contributed by atoms with Crippen molar-refractivity contribution in [3.05, 3.63) is 45.0 Å². The van der Waals surface area contributed by atoms with Gasteiger partial charge in [-0.2, -0.15) is 0 Å². The summed E-state index contributed by atoms with van der Waals surface area (Å²) in [6.45, 7) is 3.84. The van der Waals surface area contributed by atoms with E-state index >= 15 is 0 Å². The van der Waals surface area contributed by atoms with Crippen molar-refractivity contribution in [2.24, 2.45) is 0 Å². The number of rotatable bonds is 4. The van der Waals surface area contributed by atoms with Crippen LogP contribution in [0.1, 0.15) is 24.7 Å². The highest BCUT2D eigenvalue weighted by atomic mass is 79.9. The minimum atomic E-state index is -0.356. The van der Waals surface area contributed by atoms with Crippen molar-refractivity contribution in [1.29, 1.82) is 0 Å². The summed E-state index contributed by atoms with van der Waals surface area (Å²) in [4.78, 5) is 8.62. The molecule has 0 amide bonds. The van der Waals surface area contributed by atoms with Crippen molar-refractivity contribution in [1.82, 2.24) is 9.97 Å². The number of hydrogen-bond donors (Lipinski definition) is 1. The SMILES string of the molecule is CCCc1nc(Cl)c(C)c(Nc2c(F)cccc2Br)n1. The maximum absolute atomic E-state index is 13.8. The minimum absolute atomic E-state index is 0.341. The average Bonchev–Trinajstić information content (AvgIpc) is 2.39. The lowest BCUT2D eigenvalue weighted by molar-refractivity contribution is 0.631. The minimum Gasteiger partial charge on any atom is -0.337 e. The molecule has 0 fully saturated rings. The van der Waals surface area contributed by atoms with Crippen molar-refractivity contribution in [2.75, 3.05) is 5.32 Å². The van der Waals surface area contributed by atoms with E-state index in [9.17, 15) is 4.39 Å². The molecular formula is C14H14BrClFN3. The molecule has 2 aromatic rings. The molecule has 20 heavy (non-hydrogen) atoms. The van der Waals surface area contributed by atoms with E-state index in [0.717, 1.165) is 12.8 Å². The van der Waals surface area contributed by atoms with Gasteiger partial charge in [-0.15, -0.1) is 0 Å². The Bertz CT molecular complexity index is 614. The zero-order chi connectivity index (χ0) is 14.7. The van der Waals surface area contributed by atoms with Gasteiger partial charge >= 0.3 is 0 Å². The smallest absolute Gasteiger partial charge is 0.147 e. The van der Waals surface area contributed by atoms with E-state index in [-0.39, 0.29) is 5.82 Å². The number of benzene rings is 1. The maximum atomic E-state index is 13.8. The lowest BCUT2D eigenvalue weighted by Crippen LogP contribution is -2.05. The number of nitrogens with zero attached hydrogens (tertiary/aromatic N) is 2. The number of anilines is 2. The predicted molar refractivity (Wildman–Crippen MR) is 83.2 cm³/mol. The molecule has 0 saturated carbocycles. The first-order valence-electron chi connectivity index (χ1n) is 6.27. The molecule has 0 aliphatic rings. The van der Waals surface area contributed by atoms with Crippen LogP contribution in [0.15, 0.2) is 22.7 Å². The first-order valence-corrected chi connectivity index (χ1v) is 7.44. The van der Waals surface area contributed by atoms with Gasteiger partial charge in [-0.05, 0) is 41.4 Å². The third-order valence-corrected chi connectivity index (χ3v) is 3.84. The fourth-order valence-electron chi connectivity index (χ4n) is 1.73. The van der Waals surface area contributed by atoms with E-state index in [2.05, 4.69) is 31.2 Å². The Morgan fingerprint density at radius 1 is 1.35 bits per heavy atom. The van der Waals surface area contributed by atoms with Gasteiger partial charge in [0.1, 0.15) is 22.6 Å². The number of hydrogen-bond acceptors (Lipinski definition) is 3. The molecule has 0 unspecified atom stereocenters. The Morgan fingerprint density at radius 2 is 2.10 bits per heavy atom. The maximum Gasteiger partial charge on any atom is 0.147 e. The molecule has 1 aromatic carbocycles. The van der Waals surface area contributed by atoms with Crippen LogP contribution in [0.2, 0.25) is 5.15 Å². The molecular weight excluding hydrogens is 345 g/mol. The third-order valence-electron chi connectivity index (χ3n) is 2.81. The second-order valence-electron chi connectivity index (χ2n) is 4.38. The molecule has 3 nitrogen and oxygen atoms in total. The molecule has 1 N–H and O–H groups in total. The van der Waals surface area contributed by atoms with Crippen molar-refractivity contribution >= 4 is 39.0 Å². The lowest BCUT2D eigenvalue weighted by Gasteiger charge is -2.13. The molecule has 1 heterocycles. The van der Waals surface area contributed by atoms with Crippen LogP contribution in [0.5, 0.6) is 0 Å². The average molecular weight is 359 g/mol. The summed E-state index contributed by atoms with van der Waals surface area (Å²) in [5, 5.41) is 3.38. The van der Waals surface area contributed by atoms with Crippen LogP contribution in [0.25, 0.3) is 0 Å². The molecule has 6 heteroatoms. The Labute approximate surface area is 130 Å². The van der Waals surface area contributed by atoms with E-state index in [1.165, 1.54) is 6.07 Å². The molecule has 0 aliphatic carbocycles. The number of aromatic nitrogens is 2. The van der Waals surface area contributed by atoms with Crippen LogP contribution in [-0.4, -0.2) is 9.97 Å². The van der Waals surface area contributed by atoms with Gasteiger partial charge in [-0.25, -0.2) is 14.4 Å². The Kier molecular flexibility index (Phi) is 4.94. The van der Waals surface area contributed by atoms with Gasteiger partial charge in [-0.3, -0.25) is 0 Å². The second kappa shape index (κ2) is 6.50. The summed E-state index contributed by atoms with van der Waals surface area (Å²) >= 11 is 9.42. The van der Waals surface area contributed by atoms with Gasteiger partial charge in [0.15, 0.2) is 0 Å². The number of halogens is 3. The highest BCUT2D eigenvalue weighted by molar-refractivity contribution is 9.10. The molecule has 106 valence electrons. The van der Waals surface area contributed by atoms with Crippen LogP contribution in [0.4, 0.5) is 15.9 Å². The van der Waals surface area contributed by atoms with E-state index in [1.807, 2.05) is 6.92 Å². The van der Waals surface area contributed by atoms with Gasteiger partial charge in [-0.1, -0.05) is 24.6 Å². The molecule has 0 atom stereocenters. The normalized spacial score (nSPS) is 10.7. The van der Waals surface area contributed by atoms with Gasteiger partial charge in [0, 0.05) is 16.5 Å². The van der Waals surface area contributed by atoms with E-state index in [1.54, 1.807) is 19.1 Å². The van der Waals surface area contributed by atoms with Crippen LogP contribution in [0, 0.1) is 12.7 Å². The molecule has 0 spiro atoms. The van der Waals surface area contributed by atoms with E-state index < -0.39 is 0 Å². The zero-order valence-corrected chi connectivity index (χ0v) is 13.5. The molecule has 2 rings (SSSR count). The quantitative estimate of drug-likeness (QED) is 0.778. The van der Waals surface area contributed by atoms with Gasteiger partial charge in [0.05, 0.1) is 5.69 Å². The fraction of sp³-hybridized carbons (Fsp3) is 0.286. The first-order chi connectivity index (χ1) is 9.52. The fourth-order valence-corrected chi connectivity index (χ4v) is 2.35. The lowest BCUT2D eigenvalue weighted by atomic mass is 10.2. The summed E-state index contributed by atoms with van der Waals surface area (Å²) in [5.41, 5.74) is 1.04. The van der Waals surface area contributed by atoms with Crippen LogP contribution in [0.3, 0.4) is 0 Å². The van der Waals surface area contributed by atoms with Crippen LogP contribution < -0.4 is 5.32 Å². The Hall–Kier alpha value is -1.20. The summed E-state index contributed by atoms with van der Waals surface area (Å²) in [6.07, 6.45) is 1.65. The van der Waals surface area contributed by atoms with E-state index in [0.29, 0.717) is 32.5 Å². The summed E-state index contributed by atoms with van der Waals surface area (Å²) in [6, 6.07) is 4.78. The van der Waals surface area contributed by atoms with Gasteiger partial charge in [0.2, 0.25) is 0 Å². The molecule has 0 radical (unpaired) electrons. The zero-order valence-electron chi connectivity index (χ0n) is 11.2. The van der Waals surface area contributed by atoms with Crippen molar-refractivity contribution < 1.29 is 4.39 Å². The van der Waals surface area contributed by atoms with Gasteiger partial charge in [0.25, 0.3) is 0 Å². The van der Waals surface area contributed by atoms with Crippen LogP contribution in [-0.2, 0) is 6.42 Å². The first kappa shape index (κ1) is 15.2. The van der Waals surface area contributed by atoms with E-state index in [4.69, 9.17) is 11.6 Å². The predicted octanol–water partition coefficient (Wildman–Crippen LogP) is 5.04. The van der Waals surface area contributed by atoms with Crippen molar-refractivity contribution in [3.8, 4) is 0 Å². The van der Waals surface area contributed by atoms with Gasteiger partial charge < -0.3 is 5.32 Å². The second-order valence-corrected chi connectivity index (χ2v) is 5.59. The highest BCUT2D eigenvalue weighted by Crippen LogP contribution is 2.30. The molecule has 0 aliphatic heterocycles. The monoisotopic (exact) mass is 357 g/mol. The Balaban J connectivity index is 2.42.